The zero-order valence-corrected chi connectivity index (χ0v) is 23.2. The van der Waals surface area contributed by atoms with Gasteiger partial charge in [-0.1, -0.05) is 31.9 Å². The number of ether oxygens (including phenoxy) is 6. The molecule has 1 saturated heterocycles. The van der Waals surface area contributed by atoms with Gasteiger partial charge in [-0.05, 0) is 48.5 Å². The molecule has 0 spiro atoms. The van der Waals surface area contributed by atoms with Gasteiger partial charge in [-0.2, -0.15) is 0 Å². The van der Waals surface area contributed by atoms with Gasteiger partial charge < -0.3 is 28.4 Å². The lowest BCUT2D eigenvalue weighted by Gasteiger charge is -2.43. The summed E-state index contributed by atoms with van der Waals surface area (Å²) >= 11 is 6.59. The Hall–Kier alpha value is -2.80. The van der Waals surface area contributed by atoms with E-state index in [1.165, 1.54) is 19.2 Å². The van der Waals surface area contributed by atoms with Gasteiger partial charge in [0.2, 0.25) is 0 Å². The number of esters is 4. The molecule has 198 valence electrons. The molecular weight excluding hydrogens is 620 g/mol. The Kier molecular flexibility index (Phi) is 10.2. The molecule has 2 aromatic rings. The molecule has 1 aliphatic rings. The van der Waals surface area contributed by atoms with Crippen molar-refractivity contribution in [2.45, 2.75) is 44.6 Å². The zero-order chi connectivity index (χ0) is 27.1. The Morgan fingerprint density at radius 1 is 0.730 bits per heavy atom. The van der Waals surface area contributed by atoms with E-state index in [1.54, 1.807) is 36.4 Å². The lowest BCUT2D eigenvalue weighted by molar-refractivity contribution is -0.298. The van der Waals surface area contributed by atoms with E-state index in [2.05, 4.69) is 31.9 Å². The summed E-state index contributed by atoms with van der Waals surface area (Å²) in [6, 6.07) is 12.9. The average Bonchev–Trinajstić information content (AvgIpc) is 2.85. The van der Waals surface area contributed by atoms with Crippen molar-refractivity contribution in [3.63, 3.8) is 0 Å². The molecule has 1 fully saturated rings. The monoisotopic (exact) mass is 642 g/mol. The van der Waals surface area contributed by atoms with Crippen molar-refractivity contribution in [1.82, 2.24) is 0 Å². The van der Waals surface area contributed by atoms with Gasteiger partial charge >= 0.3 is 23.9 Å². The van der Waals surface area contributed by atoms with E-state index in [0.717, 1.165) is 22.8 Å². The first kappa shape index (κ1) is 28.8. The van der Waals surface area contributed by atoms with Crippen molar-refractivity contribution in [2.24, 2.45) is 0 Å². The standard InChI is InChI=1S/C25H24Br2O10/c1-13(28)34-20-19(12-33-23(30)15-4-8-17(26)9-5-15)36-25(32-3)22(21(20)35-14(2)29)37-24(31)16-6-10-18(27)11-7-16/h4-11,19-22,25H,12H2,1-3H3/t19-,20-,21+,22-,25+/m1/s1. The van der Waals surface area contributed by atoms with Crippen LogP contribution in [0.5, 0.6) is 0 Å². The maximum absolute atomic E-state index is 12.9. The molecule has 0 aromatic heterocycles. The molecule has 0 radical (unpaired) electrons. The molecule has 0 N–H and O–H groups in total. The third kappa shape index (κ3) is 7.84. The molecule has 1 heterocycles. The summed E-state index contributed by atoms with van der Waals surface area (Å²) in [6.45, 7) is 1.93. The van der Waals surface area contributed by atoms with E-state index in [4.69, 9.17) is 28.4 Å². The number of carbonyl (C=O) groups excluding carboxylic acids is 4. The van der Waals surface area contributed by atoms with E-state index < -0.39 is 54.6 Å². The van der Waals surface area contributed by atoms with E-state index in [-0.39, 0.29) is 17.7 Å². The molecule has 37 heavy (non-hydrogen) atoms. The summed E-state index contributed by atoms with van der Waals surface area (Å²) in [4.78, 5) is 49.3. The van der Waals surface area contributed by atoms with Crippen LogP contribution in [0.3, 0.4) is 0 Å². The Bertz CT molecular complexity index is 1120. The summed E-state index contributed by atoms with van der Waals surface area (Å²) in [5, 5.41) is 0. The summed E-state index contributed by atoms with van der Waals surface area (Å²) in [5.41, 5.74) is 0.499. The molecule has 0 amide bonds. The number of hydrogen-bond donors (Lipinski definition) is 0. The predicted octanol–water partition coefficient (Wildman–Crippen LogP) is 3.83. The van der Waals surface area contributed by atoms with Gasteiger partial charge in [0.05, 0.1) is 11.1 Å². The van der Waals surface area contributed by atoms with Crippen LogP contribution in [0.1, 0.15) is 34.6 Å². The third-order valence-electron chi connectivity index (χ3n) is 5.21. The van der Waals surface area contributed by atoms with Crippen molar-refractivity contribution in [1.29, 1.82) is 0 Å². The van der Waals surface area contributed by atoms with Gasteiger partial charge in [-0.15, -0.1) is 0 Å². The lowest BCUT2D eigenvalue weighted by atomic mass is 9.98. The fourth-order valence-electron chi connectivity index (χ4n) is 3.59. The number of methoxy groups -OCH3 is 1. The highest BCUT2D eigenvalue weighted by Gasteiger charge is 2.52. The van der Waals surface area contributed by atoms with E-state index in [9.17, 15) is 19.2 Å². The summed E-state index contributed by atoms with van der Waals surface area (Å²) in [5.74, 6) is -2.85. The molecule has 0 saturated carbocycles. The minimum atomic E-state index is -1.32. The quantitative estimate of drug-likeness (QED) is 0.310. The predicted molar refractivity (Wildman–Crippen MR) is 135 cm³/mol. The molecule has 3 rings (SSSR count). The number of benzene rings is 2. The van der Waals surface area contributed by atoms with E-state index in [0.29, 0.717) is 0 Å². The van der Waals surface area contributed by atoms with Crippen molar-refractivity contribution in [3.05, 3.63) is 68.6 Å². The highest BCUT2D eigenvalue weighted by Crippen LogP contribution is 2.30. The second-order valence-corrected chi connectivity index (χ2v) is 9.74. The molecule has 12 heteroatoms. The minimum Gasteiger partial charge on any atom is -0.459 e. The van der Waals surface area contributed by atoms with Crippen LogP contribution in [0, 0.1) is 0 Å². The largest absolute Gasteiger partial charge is 0.459 e. The molecule has 10 nitrogen and oxygen atoms in total. The van der Waals surface area contributed by atoms with Gasteiger partial charge in [0.15, 0.2) is 24.6 Å². The fourth-order valence-corrected chi connectivity index (χ4v) is 4.12. The van der Waals surface area contributed by atoms with Crippen LogP contribution in [0.4, 0.5) is 0 Å². The molecule has 2 aromatic carbocycles. The van der Waals surface area contributed by atoms with E-state index >= 15 is 0 Å². The number of halogens is 2. The van der Waals surface area contributed by atoms with Crippen LogP contribution in [-0.4, -0.2) is 68.3 Å². The van der Waals surface area contributed by atoms with Gasteiger partial charge in [0, 0.05) is 29.9 Å². The van der Waals surface area contributed by atoms with E-state index in [1.807, 2.05) is 0 Å². The van der Waals surface area contributed by atoms with Gasteiger partial charge in [0.25, 0.3) is 0 Å². The molecule has 5 atom stereocenters. The summed E-state index contributed by atoms with van der Waals surface area (Å²) in [6.07, 6.45) is -6.27. The van der Waals surface area contributed by atoms with Crippen LogP contribution < -0.4 is 0 Å². The summed E-state index contributed by atoms with van der Waals surface area (Å²) in [7, 11) is 1.30. The first-order valence-corrected chi connectivity index (χ1v) is 12.6. The van der Waals surface area contributed by atoms with Crippen LogP contribution in [-0.2, 0) is 38.0 Å². The first-order valence-electron chi connectivity index (χ1n) is 11.0. The van der Waals surface area contributed by atoms with Gasteiger partial charge in [0.1, 0.15) is 12.7 Å². The Balaban J connectivity index is 1.85. The Labute approximate surface area is 229 Å². The lowest BCUT2D eigenvalue weighted by Crippen LogP contribution is -2.62. The van der Waals surface area contributed by atoms with Crippen molar-refractivity contribution >= 4 is 55.7 Å². The molecular formula is C25H24Br2O10. The second kappa shape index (κ2) is 13.1. The molecule has 0 aliphatic carbocycles. The molecule has 0 bridgehead atoms. The zero-order valence-electron chi connectivity index (χ0n) is 20.1. The fraction of sp³-hybridized carbons (Fsp3) is 0.360. The number of rotatable bonds is 8. The normalized spacial score (nSPS) is 23.0. The van der Waals surface area contributed by atoms with Crippen molar-refractivity contribution in [3.8, 4) is 0 Å². The van der Waals surface area contributed by atoms with Crippen LogP contribution in [0.15, 0.2) is 57.5 Å². The molecule has 1 aliphatic heterocycles. The van der Waals surface area contributed by atoms with Crippen molar-refractivity contribution in [2.75, 3.05) is 13.7 Å². The number of hydrogen-bond acceptors (Lipinski definition) is 10. The average molecular weight is 644 g/mol. The maximum Gasteiger partial charge on any atom is 0.338 e. The van der Waals surface area contributed by atoms with Crippen LogP contribution >= 0.6 is 31.9 Å². The highest BCUT2D eigenvalue weighted by atomic mass is 79.9. The van der Waals surface area contributed by atoms with Crippen LogP contribution in [0.25, 0.3) is 0 Å². The van der Waals surface area contributed by atoms with Gasteiger partial charge in [-0.25, -0.2) is 9.59 Å². The Morgan fingerprint density at radius 2 is 1.22 bits per heavy atom. The third-order valence-corrected chi connectivity index (χ3v) is 6.27. The summed E-state index contributed by atoms with van der Waals surface area (Å²) < 4.78 is 34.6. The SMILES string of the molecule is CO[C@H]1O[C@H](COC(=O)c2ccc(Br)cc2)[C@@H](OC(C)=O)[C@H](OC(C)=O)[C@H]1OC(=O)c1ccc(Br)cc1. The molecule has 0 unspecified atom stereocenters. The minimum absolute atomic E-state index is 0.217. The Morgan fingerprint density at radius 3 is 1.70 bits per heavy atom. The number of carbonyl (C=O) groups is 4. The highest BCUT2D eigenvalue weighted by molar-refractivity contribution is 9.10. The topological polar surface area (TPSA) is 124 Å². The second-order valence-electron chi connectivity index (χ2n) is 7.91. The first-order chi connectivity index (χ1) is 17.6. The van der Waals surface area contributed by atoms with Crippen LogP contribution in [0.2, 0.25) is 0 Å². The van der Waals surface area contributed by atoms with Crippen molar-refractivity contribution < 1.29 is 47.6 Å². The van der Waals surface area contributed by atoms with Gasteiger partial charge in [-0.3, -0.25) is 9.59 Å². The maximum atomic E-state index is 12.9. The smallest absolute Gasteiger partial charge is 0.338 e.